The van der Waals surface area contributed by atoms with Crippen LogP contribution < -0.4 is 5.32 Å². The van der Waals surface area contributed by atoms with E-state index in [0.717, 1.165) is 24.7 Å². The Bertz CT molecular complexity index is 1290. The molecule has 0 radical (unpaired) electrons. The number of rotatable bonds is 8. The third-order valence-corrected chi connectivity index (χ3v) is 8.71. The number of fused-ring (bicyclic) bond motifs is 2. The first-order valence-corrected chi connectivity index (χ1v) is 12.8. The zero-order valence-electron chi connectivity index (χ0n) is 19.0. The van der Waals surface area contributed by atoms with Crippen molar-refractivity contribution < 1.29 is 24.1 Å². The number of aliphatic hydroxyl groups excluding tert-OH is 3. The highest BCUT2D eigenvalue weighted by Gasteiger charge is 2.71. The Hall–Kier alpha value is -2.41. The van der Waals surface area contributed by atoms with E-state index in [4.69, 9.17) is 0 Å². The van der Waals surface area contributed by atoms with Gasteiger partial charge in [-0.3, -0.25) is 0 Å². The van der Waals surface area contributed by atoms with Crippen LogP contribution in [0.2, 0.25) is 0 Å². The highest BCUT2D eigenvalue weighted by Crippen LogP contribution is 2.67. The van der Waals surface area contributed by atoms with Crippen LogP contribution in [0.5, 0.6) is 0 Å². The standard InChI is InChI=1S/C23H26F2N6O3S/c1-2-5-35-22-27-20(26-15-7-11(15)10-3-4-13(24)14(25)6-10)16-21(28-22)31(30-29-16)17-12-8-23(12,9-32)19(34)18(17)33/h3-4,6,11-12,15,17-19,32-34H,2,5,7-9H2,1H3,(H,26,27,28)/t11-,12+,15+,17+,18-,19-,23-/m0/s1. The lowest BCUT2D eigenvalue weighted by Crippen LogP contribution is -2.36. The van der Waals surface area contributed by atoms with Gasteiger partial charge in [-0.25, -0.2) is 23.4 Å². The molecule has 2 heterocycles. The SMILES string of the molecule is CCCSc1nc(N[C@@H]2C[C@H]2c2ccc(F)c(F)c2)c2nnn([C@H]3[C@H](O)[C@H](O)[C@]4(CO)C[C@H]34)c2n1. The van der Waals surface area contributed by atoms with E-state index in [1.54, 1.807) is 10.7 Å². The van der Waals surface area contributed by atoms with Gasteiger partial charge in [0.15, 0.2) is 33.8 Å². The molecular weight excluding hydrogens is 478 g/mol. The molecule has 9 nitrogen and oxygen atoms in total. The lowest BCUT2D eigenvalue weighted by molar-refractivity contribution is -0.0315. The second kappa shape index (κ2) is 8.32. The first-order valence-electron chi connectivity index (χ1n) is 11.8. The number of aromatic nitrogens is 5. The van der Waals surface area contributed by atoms with Gasteiger partial charge in [-0.2, -0.15) is 0 Å². The smallest absolute Gasteiger partial charge is 0.191 e. The van der Waals surface area contributed by atoms with E-state index >= 15 is 0 Å². The van der Waals surface area contributed by atoms with E-state index in [0.29, 0.717) is 34.1 Å². The zero-order valence-corrected chi connectivity index (χ0v) is 19.8. The Kier molecular flexibility index (Phi) is 5.47. The van der Waals surface area contributed by atoms with Gasteiger partial charge in [0.25, 0.3) is 0 Å². The summed E-state index contributed by atoms with van der Waals surface area (Å²) in [6, 6.07) is 3.38. The van der Waals surface area contributed by atoms with Crippen LogP contribution in [-0.4, -0.2) is 70.9 Å². The van der Waals surface area contributed by atoms with Crippen LogP contribution in [0, 0.1) is 23.0 Å². The molecule has 2 aromatic heterocycles. The molecule has 0 aliphatic heterocycles. The average molecular weight is 505 g/mol. The third kappa shape index (κ3) is 3.61. The van der Waals surface area contributed by atoms with Crippen LogP contribution in [0.15, 0.2) is 23.4 Å². The van der Waals surface area contributed by atoms with Crippen LogP contribution in [0.25, 0.3) is 11.2 Å². The van der Waals surface area contributed by atoms with Crippen molar-refractivity contribution in [1.82, 2.24) is 25.0 Å². The number of nitrogens with one attached hydrogen (secondary N) is 1. The maximum Gasteiger partial charge on any atom is 0.191 e. The minimum Gasteiger partial charge on any atom is -0.396 e. The highest BCUT2D eigenvalue weighted by molar-refractivity contribution is 7.99. The molecule has 0 saturated heterocycles. The molecule has 0 amide bonds. The Labute approximate surface area is 204 Å². The van der Waals surface area contributed by atoms with Gasteiger partial charge >= 0.3 is 0 Å². The summed E-state index contributed by atoms with van der Waals surface area (Å²) in [6.45, 7) is 1.86. The minimum atomic E-state index is -1.09. The van der Waals surface area contributed by atoms with Gasteiger partial charge in [-0.1, -0.05) is 30.0 Å². The number of benzene rings is 1. The van der Waals surface area contributed by atoms with E-state index in [1.807, 2.05) is 0 Å². The summed E-state index contributed by atoms with van der Waals surface area (Å²) in [5, 5.41) is 43.6. The summed E-state index contributed by atoms with van der Waals surface area (Å²) < 4.78 is 28.6. The molecule has 186 valence electrons. The van der Waals surface area contributed by atoms with Crippen molar-refractivity contribution in [2.24, 2.45) is 11.3 Å². The van der Waals surface area contributed by atoms with E-state index < -0.39 is 35.3 Å². The Balaban J connectivity index is 1.33. The highest BCUT2D eigenvalue weighted by atomic mass is 32.2. The molecule has 0 spiro atoms. The molecule has 35 heavy (non-hydrogen) atoms. The monoisotopic (exact) mass is 504 g/mol. The first kappa shape index (κ1) is 23.0. The molecule has 1 aromatic carbocycles. The van der Waals surface area contributed by atoms with E-state index in [-0.39, 0.29) is 24.5 Å². The van der Waals surface area contributed by atoms with Crippen LogP contribution in [0.1, 0.15) is 43.7 Å². The molecular formula is C23H26F2N6O3S. The molecule has 0 unspecified atom stereocenters. The van der Waals surface area contributed by atoms with Crippen molar-refractivity contribution >= 4 is 28.7 Å². The summed E-state index contributed by atoms with van der Waals surface area (Å²) in [4.78, 5) is 9.32. The summed E-state index contributed by atoms with van der Waals surface area (Å²) in [5.74, 6) is -0.538. The summed E-state index contributed by atoms with van der Waals surface area (Å²) in [6.07, 6.45) is 0.126. The number of halogens is 2. The molecule has 3 aliphatic carbocycles. The Morgan fingerprint density at radius 1 is 1.23 bits per heavy atom. The fraction of sp³-hybridized carbons (Fsp3) is 0.565. The second-order valence-electron chi connectivity index (χ2n) is 9.80. The van der Waals surface area contributed by atoms with Gasteiger partial charge < -0.3 is 20.6 Å². The molecule has 4 N–H and O–H groups in total. The molecule has 6 rings (SSSR count). The number of nitrogens with zero attached hydrogens (tertiary/aromatic N) is 5. The zero-order chi connectivity index (χ0) is 24.5. The van der Waals surface area contributed by atoms with Crippen molar-refractivity contribution in [1.29, 1.82) is 0 Å². The number of anilines is 1. The molecule has 3 saturated carbocycles. The van der Waals surface area contributed by atoms with Crippen molar-refractivity contribution in [3.8, 4) is 0 Å². The largest absolute Gasteiger partial charge is 0.396 e. The summed E-state index contributed by atoms with van der Waals surface area (Å²) >= 11 is 1.49. The fourth-order valence-corrected chi connectivity index (χ4v) is 6.21. The molecule has 3 aromatic rings. The van der Waals surface area contributed by atoms with Gasteiger partial charge in [-0.15, -0.1) is 5.10 Å². The first-order chi connectivity index (χ1) is 16.9. The normalized spacial score (nSPS) is 33.2. The van der Waals surface area contributed by atoms with Gasteiger partial charge in [0.1, 0.15) is 6.10 Å². The summed E-state index contributed by atoms with van der Waals surface area (Å²) in [7, 11) is 0. The molecule has 0 bridgehead atoms. The van der Waals surface area contributed by atoms with E-state index in [1.165, 1.54) is 17.8 Å². The van der Waals surface area contributed by atoms with Gasteiger partial charge in [-0.05, 0) is 42.9 Å². The summed E-state index contributed by atoms with van der Waals surface area (Å²) in [5.41, 5.74) is 0.892. The van der Waals surface area contributed by atoms with Crippen molar-refractivity contribution in [2.45, 2.75) is 61.6 Å². The Morgan fingerprint density at radius 2 is 2.06 bits per heavy atom. The van der Waals surface area contributed by atoms with Gasteiger partial charge in [0.05, 0.1) is 18.8 Å². The molecule has 3 fully saturated rings. The van der Waals surface area contributed by atoms with E-state index in [9.17, 15) is 24.1 Å². The van der Waals surface area contributed by atoms with Crippen molar-refractivity contribution in [2.75, 3.05) is 17.7 Å². The molecule has 12 heteroatoms. The van der Waals surface area contributed by atoms with Crippen molar-refractivity contribution in [3.05, 3.63) is 35.4 Å². The van der Waals surface area contributed by atoms with Crippen LogP contribution in [-0.2, 0) is 0 Å². The van der Waals surface area contributed by atoms with Crippen LogP contribution in [0.4, 0.5) is 14.6 Å². The number of hydrogen-bond acceptors (Lipinski definition) is 9. The van der Waals surface area contributed by atoms with E-state index in [2.05, 4.69) is 32.5 Å². The number of thioether (sulfide) groups is 1. The van der Waals surface area contributed by atoms with Gasteiger partial charge in [0.2, 0.25) is 0 Å². The maximum atomic E-state index is 13.7. The predicted octanol–water partition coefficient (Wildman–Crippen LogP) is 2.24. The Morgan fingerprint density at radius 3 is 2.77 bits per heavy atom. The van der Waals surface area contributed by atoms with Crippen molar-refractivity contribution in [3.63, 3.8) is 0 Å². The quantitative estimate of drug-likeness (QED) is 0.270. The lowest BCUT2D eigenvalue weighted by Gasteiger charge is -2.22. The molecule has 7 atom stereocenters. The second-order valence-corrected chi connectivity index (χ2v) is 10.9. The fourth-order valence-electron chi connectivity index (χ4n) is 5.52. The predicted molar refractivity (Wildman–Crippen MR) is 124 cm³/mol. The molecule has 3 aliphatic rings. The van der Waals surface area contributed by atoms with Crippen LogP contribution in [0.3, 0.4) is 0 Å². The lowest BCUT2D eigenvalue weighted by atomic mass is 10.0. The maximum absolute atomic E-state index is 13.7. The number of hydrogen-bond donors (Lipinski definition) is 4. The third-order valence-electron chi connectivity index (χ3n) is 7.65. The minimum absolute atomic E-state index is 0.0142. The average Bonchev–Trinajstić information content (AvgIpc) is 3.72. The number of aliphatic hydroxyl groups is 3. The van der Waals surface area contributed by atoms with Crippen LogP contribution >= 0.6 is 11.8 Å². The topological polar surface area (TPSA) is 129 Å². The van der Waals surface area contributed by atoms with Gasteiger partial charge in [0, 0.05) is 23.1 Å².